The van der Waals surface area contributed by atoms with E-state index in [-0.39, 0.29) is 23.5 Å². The number of hydrogen-bond donors (Lipinski definition) is 2. The number of nitrogens with one attached hydrogen (secondary N) is 1. The molecule has 0 radical (unpaired) electrons. The highest BCUT2D eigenvalue weighted by atomic mass is 16.3. The molecule has 0 aliphatic carbocycles. The molecule has 0 atom stereocenters. The topological polar surface area (TPSA) is 72.9 Å². The Labute approximate surface area is 160 Å². The number of aryl methyl sites for hydroxylation is 2. The van der Waals surface area contributed by atoms with E-state index < -0.39 is 0 Å². The van der Waals surface area contributed by atoms with Gasteiger partial charge in [-0.15, -0.1) is 0 Å². The van der Waals surface area contributed by atoms with Crippen LogP contribution in [0, 0.1) is 19.8 Å². The fraction of sp³-hybridized carbons (Fsp3) is 0.524. The molecule has 146 valence electrons. The molecule has 2 aliphatic rings. The van der Waals surface area contributed by atoms with Crippen molar-refractivity contribution in [1.82, 2.24) is 15.1 Å². The van der Waals surface area contributed by atoms with Crippen molar-refractivity contribution in [3.05, 3.63) is 41.5 Å². The molecule has 0 aromatic heterocycles. The van der Waals surface area contributed by atoms with Crippen LogP contribution in [0.1, 0.15) is 29.5 Å². The van der Waals surface area contributed by atoms with Crippen LogP contribution >= 0.6 is 0 Å². The zero-order valence-corrected chi connectivity index (χ0v) is 16.2. The molecule has 3 rings (SSSR count). The van der Waals surface area contributed by atoms with Crippen LogP contribution in [-0.2, 0) is 16.1 Å². The molecule has 0 spiro atoms. The Kier molecular flexibility index (Phi) is 5.85. The summed E-state index contributed by atoms with van der Waals surface area (Å²) in [5, 5.41) is 13.0. The van der Waals surface area contributed by atoms with Crippen LogP contribution in [0.15, 0.2) is 24.8 Å². The van der Waals surface area contributed by atoms with Gasteiger partial charge in [-0.3, -0.25) is 14.5 Å². The number of carbonyl (C=O) groups is 2. The van der Waals surface area contributed by atoms with Crippen molar-refractivity contribution in [2.75, 3.05) is 26.2 Å². The van der Waals surface area contributed by atoms with Crippen molar-refractivity contribution in [3.8, 4) is 5.75 Å². The predicted octanol–water partition coefficient (Wildman–Crippen LogP) is 1.73. The van der Waals surface area contributed by atoms with E-state index in [0.717, 1.165) is 55.7 Å². The first kappa shape index (κ1) is 19.4. The van der Waals surface area contributed by atoms with E-state index in [1.807, 2.05) is 19.9 Å². The van der Waals surface area contributed by atoms with Crippen molar-refractivity contribution in [1.29, 1.82) is 0 Å². The molecule has 0 bridgehead atoms. The quantitative estimate of drug-likeness (QED) is 0.774. The number of benzene rings is 1. The standard InChI is InChI=1S/C21H29N3O3/c1-4-20(26)24-12-18(13-24)23-7-5-16(6-8-23)21(27)22-11-17-9-14(2)15(3)10-19(17)25/h4,9-10,16,18,25H,1,5-8,11-13H2,2-3H3,(H,22,27). The first-order valence-corrected chi connectivity index (χ1v) is 9.61. The van der Waals surface area contributed by atoms with E-state index in [4.69, 9.17) is 0 Å². The van der Waals surface area contributed by atoms with Gasteiger partial charge in [0.1, 0.15) is 5.75 Å². The second-order valence-corrected chi connectivity index (χ2v) is 7.69. The summed E-state index contributed by atoms with van der Waals surface area (Å²) in [5.74, 6) is 0.303. The lowest BCUT2D eigenvalue weighted by Gasteiger charge is -2.47. The molecule has 2 heterocycles. The molecule has 2 aliphatic heterocycles. The normalized spacial score (nSPS) is 18.8. The van der Waals surface area contributed by atoms with Gasteiger partial charge in [-0.1, -0.05) is 12.6 Å². The number of aromatic hydroxyl groups is 1. The van der Waals surface area contributed by atoms with Crippen molar-refractivity contribution in [2.24, 2.45) is 5.92 Å². The van der Waals surface area contributed by atoms with Crippen LogP contribution in [0.3, 0.4) is 0 Å². The maximum atomic E-state index is 12.5. The van der Waals surface area contributed by atoms with Gasteiger partial charge >= 0.3 is 0 Å². The second kappa shape index (κ2) is 8.13. The highest BCUT2D eigenvalue weighted by Crippen LogP contribution is 2.25. The molecule has 0 unspecified atom stereocenters. The van der Waals surface area contributed by atoms with E-state index in [9.17, 15) is 14.7 Å². The Bertz CT molecular complexity index is 732. The third-order valence-corrected chi connectivity index (χ3v) is 5.91. The maximum Gasteiger partial charge on any atom is 0.246 e. The first-order chi connectivity index (χ1) is 12.9. The molecule has 2 saturated heterocycles. The minimum Gasteiger partial charge on any atom is -0.508 e. The molecular weight excluding hydrogens is 342 g/mol. The first-order valence-electron chi connectivity index (χ1n) is 9.61. The third kappa shape index (κ3) is 4.33. The Morgan fingerprint density at radius 1 is 1.22 bits per heavy atom. The number of amides is 2. The molecule has 6 nitrogen and oxygen atoms in total. The average molecular weight is 371 g/mol. The van der Waals surface area contributed by atoms with Crippen molar-refractivity contribution >= 4 is 11.8 Å². The highest BCUT2D eigenvalue weighted by molar-refractivity contribution is 5.87. The number of piperidine rings is 1. The van der Waals surface area contributed by atoms with Gasteiger partial charge < -0.3 is 15.3 Å². The molecular formula is C21H29N3O3. The van der Waals surface area contributed by atoms with Crippen LogP contribution in [0.4, 0.5) is 0 Å². The average Bonchev–Trinajstić information content (AvgIpc) is 2.62. The number of hydrogen-bond acceptors (Lipinski definition) is 4. The van der Waals surface area contributed by atoms with Gasteiger partial charge in [0, 0.05) is 37.2 Å². The Morgan fingerprint density at radius 3 is 2.48 bits per heavy atom. The van der Waals surface area contributed by atoms with Crippen molar-refractivity contribution in [3.63, 3.8) is 0 Å². The van der Waals surface area contributed by atoms with Gasteiger partial charge in [0.25, 0.3) is 0 Å². The lowest BCUT2D eigenvalue weighted by Crippen LogP contribution is -2.62. The van der Waals surface area contributed by atoms with Crippen molar-refractivity contribution in [2.45, 2.75) is 39.3 Å². The fourth-order valence-electron chi connectivity index (χ4n) is 3.85. The number of carbonyl (C=O) groups excluding carboxylic acids is 2. The summed E-state index contributed by atoms with van der Waals surface area (Å²) in [4.78, 5) is 28.2. The van der Waals surface area contributed by atoms with Crippen LogP contribution in [0.25, 0.3) is 0 Å². The lowest BCUT2D eigenvalue weighted by atomic mass is 9.93. The summed E-state index contributed by atoms with van der Waals surface area (Å²) >= 11 is 0. The lowest BCUT2D eigenvalue weighted by molar-refractivity contribution is -0.134. The van der Waals surface area contributed by atoms with Crippen LogP contribution in [-0.4, -0.2) is 58.9 Å². The van der Waals surface area contributed by atoms with Gasteiger partial charge in [0.15, 0.2) is 0 Å². The van der Waals surface area contributed by atoms with E-state index in [1.165, 1.54) is 6.08 Å². The van der Waals surface area contributed by atoms with Crippen LogP contribution in [0.2, 0.25) is 0 Å². The molecule has 2 N–H and O–H groups in total. The van der Waals surface area contributed by atoms with E-state index >= 15 is 0 Å². The van der Waals surface area contributed by atoms with Gasteiger partial charge in [0.2, 0.25) is 11.8 Å². The largest absolute Gasteiger partial charge is 0.508 e. The molecule has 2 fully saturated rings. The molecule has 27 heavy (non-hydrogen) atoms. The summed E-state index contributed by atoms with van der Waals surface area (Å²) < 4.78 is 0. The monoisotopic (exact) mass is 371 g/mol. The fourth-order valence-corrected chi connectivity index (χ4v) is 3.85. The zero-order valence-electron chi connectivity index (χ0n) is 16.2. The van der Waals surface area contributed by atoms with Gasteiger partial charge in [-0.25, -0.2) is 0 Å². The maximum absolute atomic E-state index is 12.5. The molecule has 6 heteroatoms. The van der Waals surface area contributed by atoms with Gasteiger partial charge in [-0.2, -0.15) is 0 Å². The summed E-state index contributed by atoms with van der Waals surface area (Å²) in [6.07, 6.45) is 3.02. The third-order valence-electron chi connectivity index (χ3n) is 5.91. The molecule has 2 amide bonds. The highest BCUT2D eigenvalue weighted by Gasteiger charge is 2.36. The molecule has 0 saturated carbocycles. The summed E-state index contributed by atoms with van der Waals surface area (Å²) in [7, 11) is 0. The number of nitrogens with zero attached hydrogens (tertiary/aromatic N) is 2. The van der Waals surface area contributed by atoms with E-state index in [2.05, 4.69) is 16.8 Å². The number of phenols is 1. The minimum atomic E-state index is -0.00453. The minimum absolute atomic E-state index is 0.00453. The van der Waals surface area contributed by atoms with E-state index in [0.29, 0.717) is 12.6 Å². The smallest absolute Gasteiger partial charge is 0.246 e. The number of phenolic OH excluding ortho intramolecular Hbond substituents is 1. The number of rotatable bonds is 5. The Balaban J connectivity index is 1.43. The molecule has 1 aromatic rings. The summed E-state index contributed by atoms with van der Waals surface area (Å²) in [6.45, 7) is 11.1. The van der Waals surface area contributed by atoms with Gasteiger partial charge in [-0.05, 0) is 63.0 Å². The van der Waals surface area contributed by atoms with Gasteiger partial charge in [0.05, 0.1) is 0 Å². The van der Waals surface area contributed by atoms with Crippen molar-refractivity contribution < 1.29 is 14.7 Å². The number of likely N-dealkylation sites (tertiary alicyclic amines) is 2. The Hall–Kier alpha value is -2.34. The second-order valence-electron chi connectivity index (χ2n) is 7.69. The predicted molar refractivity (Wildman–Crippen MR) is 104 cm³/mol. The van der Waals surface area contributed by atoms with E-state index in [1.54, 1.807) is 11.0 Å². The summed E-state index contributed by atoms with van der Waals surface area (Å²) in [6, 6.07) is 4.08. The zero-order chi connectivity index (χ0) is 19.6. The summed E-state index contributed by atoms with van der Waals surface area (Å²) in [5.41, 5.74) is 2.90. The molecule has 1 aromatic carbocycles. The van der Waals surface area contributed by atoms with Crippen LogP contribution in [0.5, 0.6) is 5.75 Å². The SMILES string of the molecule is C=CC(=O)N1CC(N2CCC(C(=O)NCc3cc(C)c(C)cc3O)CC2)C1. The Morgan fingerprint density at radius 2 is 1.85 bits per heavy atom. The van der Waals surface area contributed by atoms with Crippen LogP contribution < -0.4 is 5.32 Å².